The van der Waals surface area contributed by atoms with Crippen molar-refractivity contribution in [3.05, 3.63) is 54.2 Å². The summed E-state index contributed by atoms with van der Waals surface area (Å²) < 4.78 is 0. The van der Waals surface area contributed by atoms with Crippen molar-refractivity contribution in [3.63, 3.8) is 0 Å². The predicted molar refractivity (Wildman–Crippen MR) is 459 cm³/mol. The van der Waals surface area contributed by atoms with Gasteiger partial charge in [0.2, 0.25) is 70.9 Å². The number of imidazole rings is 1. The molecule has 3 heterocycles. The van der Waals surface area contributed by atoms with Crippen LogP contribution >= 0.6 is 11.8 Å². The Morgan fingerprint density at radius 2 is 1.15 bits per heavy atom. The number of para-hydroxylation sites is 1. The second-order valence-electron chi connectivity index (χ2n) is 35.6. The van der Waals surface area contributed by atoms with Gasteiger partial charge in [-0.05, 0) is 154 Å². The number of nitrogens with two attached hydrogens (primary N) is 2. The van der Waals surface area contributed by atoms with E-state index < -0.39 is 143 Å². The molecule has 3 aromatic rings. The van der Waals surface area contributed by atoms with E-state index in [2.05, 4.69) is 88.9 Å². The second kappa shape index (κ2) is 46.7. The molecule has 39 heteroatoms. The standard InChI is InChI=1S/C85H131N19O19S/c1-48(2)34-64(81(121)97-62(77(87)117)23-33-124-9)98-82(122)66(37-55-40-88-47-92-55)96-71(109)42-91-83(123)76(49(3)4)100-78(118)51(6)93-80(120)65(35-52-39-89-61-13-11-10-12-56(52)61)99-79(119)63(19-20-68(86)106)95-69(107)21-14-50(5)58-17-18-59-57-16-15-53-36-54(22-24-84(53,7)60(57)38-67(105)85(58,59)8)94-70(108)41-90-72(110)43-101-25-27-102(44-73(111)112)29-31-104(46-75(115)116)32-30-103(28-26-101)45-74(113)114/h10-13,39-40,47-51,53-54,57-60,62-66,76,89H,14-38,41-46H2,1-9H3,(H2,86,106)(H2,87,117)(H,88,92)(H,90,110)(H,91,123)(H,93,120)(H,94,108)(H,95,107)(H,96,109)(H,97,121)(H,98,122)(H,99,119)(H,100,118)(H,111,112)(H,113,114)(H,115,116)/t50-,51?,53-,54+,57+,58-,59+,60+,62+,63+,64+,65+,66+,76+,84+,85-/m1/s1. The van der Waals surface area contributed by atoms with Crippen molar-refractivity contribution >= 4 is 117 Å². The summed E-state index contributed by atoms with van der Waals surface area (Å²) in [5, 5.41) is 56.8. The van der Waals surface area contributed by atoms with E-state index in [1.165, 1.54) is 31.2 Å². The third-order valence-electron chi connectivity index (χ3n) is 26.0. The molecule has 1 aliphatic heterocycles. The van der Waals surface area contributed by atoms with Crippen LogP contribution in [0.2, 0.25) is 0 Å². The first kappa shape index (κ1) is 99.3. The van der Waals surface area contributed by atoms with Crippen molar-refractivity contribution in [1.82, 2.24) is 87.7 Å². The fourth-order valence-corrected chi connectivity index (χ4v) is 19.7. The Bertz CT molecular complexity index is 4210. The maximum absolute atomic E-state index is 15.0. The van der Waals surface area contributed by atoms with Crippen molar-refractivity contribution in [3.8, 4) is 0 Å². The average Bonchev–Trinajstić information content (AvgIpc) is 1.49. The van der Waals surface area contributed by atoms with E-state index in [4.69, 9.17) is 11.5 Å². The molecule has 1 unspecified atom stereocenters. The number of fused-ring (bicyclic) bond motifs is 6. The largest absolute Gasteiger partial charge is 0.480 e. The van der Waals surface area contributed by atoms with Crippen LogP contribution in [-0.4, -0.2) is 296 Å². The molecule has 5 fully saturated rings. The van der Waals surface area contributed by atoms with Gasteiger partial charge in [-0.25, -0.2) is 4.98 Å². The van der Waals surface area contributed by atoms with Crippen LogP contribution < -0.4 is 64.6 Å². The molecule has 0 spiro atoms. The van der Waals surface area contributed by atoms with E-state index in [1.807, 2.05) is 38.3 Å². The number of primary amides is 2. The van der Waals surface area contributed by atoms with E-state index >= 15 is 4.79 Å². The van der Waals surface area contributed by atoms with E-state index in [9.17, 15) is 87.2 Å². The minimum absolute atomic E-state index is 0.0435. The van der Waals surface area contributed by atoms with Crippen LogP contribution in [0.5, 0.6) is 0 Å². The van der Waals surface area contributed by atoms with Gasteiger partial charge in [0.05, 0.1) is 51.3 Å². The second-order valence-corrected chi connectivity index (χ2v) is 36.6. The molecule has 16 atom stereocenters. The van der Waals surface area contributed by atoms with Crippen molar-refractivity contribution in [1.29, 1.82) is 0 Å². The van der Waals surface area contributed by atoms with Gasteiger partial charge in [-0.15, -0.1) is 0 Å². The third-order valence-corrected chi connectivity index (χ3v) is 26.7. The molecule has 0 bridgehead atoms. The molecule has 2 aromatic heterocycles. The summed E-state index contributed by atoms with van der Waals surface area (Å²) >= 11 is 1.46. The Balaban J connectivity index is 0.836. The van der Waals surface area contributed by atoms with Gasteiger partial charge < -0.3 is 89.9 Å². The van der Waals surface area contributed by atoms with Crippen LogP contribution in [0.4, 0.5) is 0 Å². The lowest BCUT2D eigenvalue weighted by molar-refractivity contribution is -0.158. The minimum Gasteiger partial charge on any atom is -0.480 e. The number of carbonyl (C=O) groups is 16. The number of H-pyrrole nitrogens is 2. The predicted octanol–water partition coefficient (Wildman–Crippen LogP) is -0.257. The van der Waals surface area contributed by atoms with E-state index in [1.54, 1.807) is 45.7 Å². The summed E-state index contributed by atoms with van der Waals surface area (Å²) in [5.74, 6) is -10.9. The summed E-state index contributed by atoms with van der Waals surface area (Å²) in [5.41, 5.74) is 12.1. The number of thioether (sulfide) groups is 1. The molecule has 124 heavy (non-hydrogen) atoms. The number of nitrogens with one attached hydrogen (secondary N) is 12. The fraction of sp³-hybridized carbons (Fsp3) is 0.682. The lowest BCUT2D eigenvalue weighted by Gasteiger charge is -2.60. The zero-order chi connectivity index (χ0) is 90.9. The number of nitrogens with zero attached hydrogens (tertiary/aromatic N) is 5. The summed E-state index contributed by atoms with van der Waals surface area (Å²) in [7, 11) is 0. The first-order chi connectivity index (χ1) is 58.7. The summed E-state index contributed by atoms with van der Waals surface area (Å²) in [4.78, 5) is 232. The Labute approximate surface area is 727 Å². The SMILES string of the molecule is CSCC[C@H](NC(=O)[C@H](CC(C)C)NC(=O)[C@H](Cc1c[nH]cn1)NC(=O)CNC(=O)[C@@H](NC(=O)C(C)NC(=O)[C@H](Cc1c[nH]c2ccccc12)NC(=O)[C@H](CCC(N)=O)NC(=O)CC[C@@H](C)[C@H]1CC[C@H]2[C@@H]3CC[C@@H]4C[C@@H](NC(=O)CNC(=O)CN5CCN(CC(=O)O)CCN(CC(=O)O)CCN(CC(=O)O)CC5)CC[C@]4(C)[C@H]3CC(=O)[C@]12C)C(C)C)C(N)=O. The van der Waals surface area contributed by atoms with Crippen LogP contribution in [0, 0.1) is 58.2 Å². The zero-order valence-electron chi connectivity index (χ0n) is 72.9. The van der Waals surface area contributed by atoms with Crippen molar-refractivity contribution in [2.24, 2.45) is 69.6 Å². The summed E-state index contributed by atoms with van der Waals surface area (Å²) in [6.45, 7) is 14.6. The lowest BCUT2D eigenvalue weighted by Crippen LogP contribution is -2.59. The number of carboxylic acid groups (broad SMARTS) is 3. The van der Waals surface area contributed by atoms with Gasteiger partial charge >= 0.3 is 17.9 Å². The highest BCUT2D eigenvalue weighted by atomic mass is 32.2. The summed E-state index contributed by atoms with van der Waals surface area (Å²) in [6, 6.07) is -1.76. The smallest absolute Gasteiger partial charge is 0.317 e. The molecule has 4 aliphatic carbocycles. The van der Waals surface area contributed by atoms with Gasteiger partial charge in [-0.1, -0.05) is 66.7 Å². The number of carbonyl (C=O) groups excluding carboxylic acids is 13. The van der Waals surface area contributed by atoms with Gasteiger partial charge in [-0.2, -0.15) is 11.8 Å². The highest BCUT2D eigenvalue weighted by molar-refractivity contribution is 7.98. The van der Waals surface area contributed by atoms with Gasteiger partial charge in [-0.3, -0.25) is 96.3 Å². The number of hydrogen-bond donors (Lipinski definition) is 17. The normalized spacial score (nSPS) is 23.5. The van der Waals surface area contributed by atoms with Gasteiger partial charge in [0.25, 0.3) is 0 Å². The Hall–Kier alpha value is -10.1. The lowest BCUT2D eigenvalue weighted by atomic mass is 9.44. The highest BCUT2D eigenvalue weighted by Gasteiger charge is 2.64. The molecule has 5 aliphatic rings. The molecule has 0 radical (unpaired) electrons. The first-order valence-electron chi connectivity index (χ1n) is 43.4. The number of ketones is 1. The maximum Gasteiger partial charge on any atom is 0.317 e. The molecule has 686 valence electrons. The van der Waals surface area contributed by atoms with Gasteiger partial charge in [0.1, 0.15) is 48.1 Å². The number of aromatic amines is 2. The van der Waals surface area contributed by atoms with Gasteiger partial charge in [0, 0.05) is 119 Å². The Morgan fingerprint density at radius 3 is 1.73 bits per heavy atom. The minimum atomic E-state index is -1.41. The van der Waals surface area contributed by atoms with Crippen LogP contribution in [0.25, 0.3) is 10.9 Å². The fourth-order valence-electron chi connectivity index (χ4n) is 19.2. The zero-order valence-corrected chi connectivity index (χ0v) is 73.7. The molecular formula is C85H131N19O19S. The quantitative estimate of drug-likeness (QED) is 0.0347. The molecule has 12 amide bonds. The molecular weight excluding hydrogens is 1620 g/mol. The Morgan fingerprint density at radius 1 is 0.573 bits per heavy atom. The van der Waals surface area contributed by atoms with Crippen LogP contribution in [0.3, 0.4) is 0 Å². The van der Waals surface area contributed by atoms with Crippen molar-refractivity contribution in [2.45, 2.75) is 206 Å². The highest BCUT2D eigenvalue weighted by Crippen LogP contribution is 2.67. The number of aliphatic carboxylic acids is 3. The van der Waals surface area contributed by atoms with Crippen LogP contribution in [-0.2, 0) is 89.6 Å². The monoisotopic (exact) mass is 1750 g/mol. The van der Waals surface area contributed by atoms with Crippen LogP contribution in [0.1, 0.15) is 157 Å². The van der Waals surface area contributed by atoms with E-state index in [0.717, 1.165) is 43.0 Å². The number of amides is 12. The molecule has 1 aromatic carbocycles. The third kappa shape index (κ3) is 28.7. The first-order valence-corrected chi connectivity index (χ1v) is 44.8. The number of Topliss-reactive ketones (excluding diaryl/α,β-unsaturated/α-hetero) is 1. The number of aromatic nitrogens is 3. The van der Waals surface area contributed by atoms with E-state index in [-0.39, 0.29) is 195 Å². The average molecular weight is 1760 g/mol. The number of rotatable bonds is 44. The van der Waals surface area contributed by atoms with E-state index in [0.29, 0.717) is 42.7 Å². The number of benzene rings is 1. The van der Waals surface area contributed by atoms with Crippen LogP contribution in [0.15, 0.2) is 43.0 Å². The molecule has 4 saturated carbocycles. The van der Waals surface area contributed by atoms with Crippen molar-refractivity contribution in [2.75, 3.05) is 104 Å². The van der Waals surface area contributed by atoms with Gasteiger partial charge in [0.15, 0.2) is 0 Å². The Kier molecular flexibility index (Phi) is 37.4. The number of hydrogen-bond acceptors (Lipinski definition) is 22. The van der Waals surface area contributed by atoms with Crippen molar-refractivity contribution < 1.29 is 92.0 Å². The molecule has 38 nitrogen and oxygen atoms in total. The molecule has 8 rings (SSSR count). The number of carboxylic acids is 3. The summed E-state index contributed by atoms with van der Waals surface area (Å²) in [6.07, 6.45) is 12.4. The molecule has 1 saturated heterocycles. The molecule has 19 N–H and O–H groups in total. The maximum atomic E-state index is 15.0. The topological polar surface area (TPSA) is 564 Å².